The predicted molar refractivity (Wildman–Crippen MR) is 132 cm³/mol. The maximum atomic E-state index is 13.0. The number of halogens is 1. The van der Waals surface area contributed by atoms with Gasteiger partial charge in [0, 0.05) is 15.9 Å². The van der Waals surface area contributed by atoms with Gasteiger partial charge < -0.3 is 14.8 Å². The predicted octanol–water partition coefficient (Wildman–Crippen LogP) is 6.73. The van der Waals surface area contributed by atoms with Crippen LogP contribution in [0.3, 0.4) is 0 Å². The summed E-state index contributed by atoms with van der Waals surface area (Å²) >= 11 is 5.04. The van der Waals surface area contributed by atoms with Crippen molar-refractivity contribution in [3.8, 4) is 0 Å². The van der Waals surface area contributed by atoms with Crippen molar-refractivity contribution in [3.63, 3.8) is 0 Å². The molecule has 1 aromatic carbocycles. The van der Waals surface area contributed by atoms with Crippen molar-refractivity contribution in [1.29, 1.82) is 0 Å². The van der Waals surface area contributed by atoms with Crippen LogP contribution in [0.4, 0.5) is 9.59 Å². The zero-order valence-electron chi connectivity index (χ0n) is 19.2. The minimum absolute atomic E-state index is 0.0966. The van der Waals surface area contributed by atoms with E-state index in [-0.39, 0.29) is 12.6 Å². The third-order valence-electron chi connectivity index (χ3n) is 4.51. The van der Waals surface area contributed by atoms with Gasteiger partial charge in [0.05, 0.1) is 12.6 Å². The number of amides is 2. The second-order valence-electron chi connectivity index (χ2n) is 8.62. The largest absolute Gasteiger partial charge is 0.447 e. The number of rotatable bonds is 10. The lowest BCUT2D eigenvalue weighted by Gasteiger charge is -2.25. The minimum atomic E-state index is -0.585. The molecule has 0 saturated carbocycles. The Morgan fingerprint density at radius 1 is 1.16 bits per heavy atom. The highest BCUT2D eigenvalue weighted by atomic mass is 79.9. The molecule has 1 atom stereocenters. The molecule has 0 spiro atoms. The van der Waals surface area contributed by atoms with Crippen molar-refractivity contribution in [3.05, 3.63) is 56.7 Å². The Kier molecular flexibility index (Phi) is 10.5. The van der Waals surface area contributed by atoms with Crippen LogP contribution in [0.1, 0.15) is 57.4 Å². The van der Waals surface area contributed by atoms with Crippen LogP contribution >= 0.6 is 27.3 Å². The van der Waals surface area contributed by atoms with Crippen molar-refractivity contribution in [2.75, 3.05) is 6.61 Å². The molecule has 2 amide bonds. The third-order valence-corrected chi connectivity index (χ3v) is 5.90. The van der Waals surface area contributed by atoms with Gasteiger partial charge in [0.25, 0.3) is 0 Å². The molecule has 32 heavy (non-hydrogen) atoms. The molecule has 1 N–H and O–H groups in total. The van der Waals surface area contributed by atoms with Gasteiger partial charge in [0.15, 0.2) is 0 Å². The van der Waals surface area contributed by atoms with Crippen LogP contribution in [-0.2, 0) is 22.6 Å². The maximum absolute atomic E-state index is 13.0. The number of ether oxygens (including phenoxy) is 2. The molecular formula is C24H33BrN2O4S. The van der Waals surface area contributed by atoms with Crippen LogP contribution in [0.2, 0.25) is 0 Å². The fourth-order valence-corrected chi connectivity index (χ4v) is 3.95. The summed E-state index contributed by atoms with van der Waals surface area (Å²) in [4.78, 5) is 28.0. The Labute approximate surface area is 203 Å². The zero-order chi connectivity index (χ0) is 23.6. The SMILES string of the molecule is CCCCC(COC(=O)N(Cc1ccc(Br)cc1)Cc1cccs1)NC(=O)OC(C)(C)C. The van der Waals surface area contributed by atoms with Crippen LogP contribution < -0.4 is 5.32 Å². The summed E-state index contributed by atoms with van der Waals surface area (Å²) in [7, 11) is 0. The lowest BCUT2D eigenvalue weighted by Crippen LogP contribution is -2.43. The maximum Gasteiger partial charge on any atom is 0.410 e. The molecule has 2 rings (SSSR count). The summed E-state index contributed by atoms with van der Waals surface area (Å²) in [6.45, 7) is 8.53. The summed E-state index contributed by atoms with van der Waals surface area (Å²) in [5.41, 5.74) is 0.425. The van der Waals surface area contributed by atoms with E-state index < -0.39 is 17.8 Å². The van der Waals surface area contributed by atoms with E-state index in [1.165, 1.54) is 0 Å². The van der Waals surface area contributed by atoms with Gasteiger partial charge in [-0.15, -0.1) is 11.3 Å². The lowest BCUT2D eigenvalue weighted by atomic mass is 10.1. The first kappa shape index (κ1) is 26.2. The molecule has 2 aromatic rings. The van der Waals surface area contributed by atoms with Gasteiger partial charge in [-0.05, 0) is 56.3 Å². The number of thiophene rings is 1. The van der Waals surface area contributed by atoms with Gasteiger partial charge in [0.2, 0.25) is 0 Å². The molecule has 0 saturated heterocycles. The summed E-state index contributed by atoms with van der Waals surface area (Å²) < 4.78 is 12.0. The van der Waals surface area contributed by atoms with Crippen LogP contribution in [0.15, 0.2) is 46.3 Å². The normalized spacial score (nSPS) is 12.2. The van der Waals surface area contributed by atoms with E-state index in [0.29, 0.717) is 19.5 Å². The Bertz CT molecular complexity index is 835. The standard InChI is InChI=1S/C24H33BrN2O4S/c1-5-6-8-20(26-22(28)31-24(2,3)4)17-30-23(29)27(16-21-9-7-14-32-21)15-18-10-12-19(25)13-11-18/h7,9-14,20H,5-6,8,15-17H2,1-4H3,(H,26,28). The van der Waals surface area contributed by atoms with Crippen molar-refractivity contribution in [2.45, 2.75) is 71.7 Å². The molecule has 0 aliphatic heterocycles. The van der Waals surface area contributed by atoms with Crippen molar-refractivity contribution >= 4 is 39.5 Å². The Hall–Kier alpha value is -2.06. The molecule has 0 aliphatic carbocycles. The van der Waals surface area contributed by atoms with Gasteiger partial charge >= 0.3 is 12.2 Å². The summed E-state index contributed by atoms with van der Waals surface area (Å²) in [6, 6.07) is 11.5. The van der Waals surface area contributed by atoms with Gasteiger partial charge in [-0.1, -0.05) is 53.9 Å². The first-order valence-electron chi connectivity index (χ1n) is 10.8. The smallest absolute Gasteiger partial charge is 0.410 e. The molecule has 0 fully saturated rings. The van der Waals surface area contributed by atoms with E-state index in [9.17, 15) is 9.59 Å². The number of benzene rings is 1. The van der Waals surface area contributed by atoms with E-state index in [1.807, 2.05) is 62.5 Å². The van der Waals surface area contributed by atoms with E-state index in [0.717, 1.165) is 27.8 Å². The molecule has 0 bridgehead atoms. The molecule has 1 heterocycles. The number of nitrogens with zero attached hydrogens (tertiary/aromatic N) is 1. The minimum Gasteiger partial charge on any atom is -0.447 e. The Morgan fingerprint density at radius 2 is 1.88 bits per heavy atom. The van der Waals surface area contributed by atoms with Gasteiger partial charge in [-0.3, -0.25) is 4.90 Å². The molecule has 0 radical (unpaired) electrons. The molecule has 8 heteroatoms. The summed E-state index contributed by atoms with van der Waals surface area (Å²) in [6.07, 6.45) is 1.69. The van der Waals surface area contributed by atoms with E-state index in [4.69, 9.17) is 9.47 Å². The summed E-state index contributed by atoms with van der Waals surface area (Å²) in [5.74, 6) is 0. The zero-order valence-corrected chi connectivity index (χ0v) is 21.6. The topological polar surface area (TPSA) is 67.9 Å². The fraction of sp³-hybridized carbons (Fsp3) is 0.500. The van der Waals surface area contributed by atoms with E-state index in [1.54, 1.807) is 16.2 Å². The number of hydrogen-bond acceptors (Lipinski definition) is 5. The monoisotopic (exact) mass is 524 g/mol. The highest BCUT2D eigenvalue weighted by Gasteiger charge is 2.22. The average molecular weight is 526 g/mol. The van der Waals surface area contributed by atoms with E-state index >= 15 is 0 Å². The first-order valence-corrected chi connectivity index (χ1v) is 12.5. The molecule has 1 aromatic heterocycles. The molecular weight excluding hydrogens is 492 g/mol. The number of carbonyl (C=O) groups excluding carboxylic acids is 2. The Morgan fingerprint density at radius 3 is 2.47 bits per heavy atom. The highest BCUT2D eigenvalue weighted by molar-refractivity contribution is 9.10. The number of alkyl carbamates (subject to hydrolysis) is 1. The number of hydrogen-bond donors (Lipinski definition) is 1. The molecule has 1 unspecified atom stereocenters. The number of carbonyl (C=O) groups is 2. The van der Waals surface area contributed by atoms with Crippen LogP contribution in [0.25, 0.3) is 0 Å². The van der Waals surface area contributed by atoms with Gasteiger partial charge in [-0.2, -0.15) is 0 Å². The second kappa shape index (κ2) is 12.8. The third kappa shape index (κ3) is 10.0. The quantitative estimate of drug-likeness (QED) is 0.373. The molecule has 6 nitrogen and oxygen atoms in total. The first-order chi connectivity index (χ1) is 15.2. The lowest BCUT2D eigenvalue weighted by molar-refractivity contribution is 0.0442. The van der Waals surface area contributed by atoms with Crippen LogP contribution in [0.5, 0.6) is 0 Å². The number of unbranched alkanes of at least 4 members (excludes halogenated alkanes) is 1. The van der Waals surface area contributed by atoms with Crippen molar-refractivity contribution in [1.82, 2.24) is 10.2 Å². The van der Waals surface area contributed by atoms with Crippen molar-refractivity contribution < 1.29 is 19.1 Å². The average Bonchev–Trinajstić information content (AvgIpc) is 3.22. The molecule has 176 valence electrons. The molecule has 0 aliphatic rings. The van der Waals surface area contributed by atoms with Gasteiger partial charge in [0.1, 0.15) is 12.2 Å². The highest BCUT2D eigenvalue weighted by Crippen LogP contribution is 2.18. The number of nitrogens with one attached hydrogen (secondary N) is 1. The van der Waals surface area contributed by atoms with Gasteiger partial charge in [-0.25, -0.2) is 9.59 Å². The fourth-order valence-electron chi connectivity index (χ4n) is 2.97. The van der Waals surface area contributed by atoms with Crippen LogP contribution in [0, 0.1) is 0 Å². The van der Waals surface area contributed by atoms with E-state index in [2.05, 4.69) is 28.2 Å². The Balaban J connectivity index is 2.02. The summed E-state index contributed by atoms with van der Waals surface area (Å²) in [5, 5.41) is 4.83. The van der Waals surface area contributed by atoms with Crippen molar-refractivity contribution in [2.24, 2.45) is 0 Å². The second-order valence-corrected chi connectivity index (χ2v) is 10.6. The van der Waals surface area contributed by atoms with Crippen LogP contribution in [-0.4, -0.2) is 35.3 Å².